The van der Waals surface area contributed by atoms with Gasteiger partial charge in [0.2, 0.25) is 5.88 Å². The van der Waals surface area contributed by atoms with Gasteiger partial charge in [-0.3, -0.25) is 5.10 Å². The van der Waals surface area contributed by atoms with Crippen LogP contribution in [-0.2, 0) is 13.2 Å². The molecule has 3 heterocycles. The Balaban J connectivity index is 1.45. The second-order valence-electron chi connectivity index (χ2n) is 7.71. The number of H-pyrrole nitrogens is 1. The summed E-state index contributed by atoms with van der Waals surface area (Å²) in [6.45, 7) is 0.634. The number of aromatic nitrogens is 4. The maximum Gasteiger partial charge on any atom is 0.238 e. The molecule has 8 nitrogen and oxygen atoms in total. The molecule has 5 aromatic rings. The quantitative estimate of drug-likeness (QED) is 0.241. The van der Waals surface area contributed by atoms with Crippen LogP contribution in [0.3, 0.4) is 0 Å². The monoisotopic (exact) mass is 516 g/mol. The molecule has 0 amide bonds. The fourth-order valence-corrected chi connectivity index (χ4v) is 3.92. The summed E-state index contributed by atoms with van der Waals surface area (Å²) in [6.07, 6.45) is 1.70. The van der Waals surface area contributed by atoms with Crippen LogP contribution in [0.15, 0.2) is 72.9 Å². The van der Waals surface area contributed by atoms with Crippen molar-refractivity contribution in [2.45, 2.75) is 13.2 Å². The average Bonchev–Trinajstić information content (AvgIpc) is 3.31. The first-order chi connectivity index (χ1) is 17.6. The van der Waals surface area contributed by atoms with Crippen molar-refractivity contribution in [3.8, 4) is 23.4 Å². The number of aromatic amines is 1. The number of rotatable bonds is 8. The van der Waals surface area contributed by atoms with Crippen molar-refractivity contribution >= 4 is 40.1 Å². The van der Waals surface area contributed by atoms with E-state index in [1.807, 2.05) is 42.5 Å². The van der Waals surface area contributed by atoms with E-state index in [0.29, 0.717) is 34.3 Å². The van der Waals surface area contributed by atoms with Gasteiger partial charge in [0, 0.05) is 22.7 Å². The summed E-state index contributed by atoms with van der Waals surface area (Å²) in [4.78, 5) is 8.81. The molecular weight excluding hydrogens is 499 g/mol. The van der Waals surface area contributed by atoms with Crippen LogP contribution in [-0.4, -0.2) is 20.2 Å². The van der Waals surface area contributed by atoms with E-state index in [-0.39, 0.29) is 23.3 Å². The van der Waals surface area contributed by atoms with Crippen LogP contribution in [0, 0.1) is 11.3 Å². The molecule has 36 heavy (non-hydrogen) atoms. The van der Waals surface area contributed by atoms with Crippen LogP contribution in [0.25, 0.3) is 11.0 Å². The lowest BCUT2D eigenvalue weighted by molar-refractivity contribution is 0.293. The van der Waals surface area contributed by atoms with Crippen molar-refractivity contribution < 1.29 is 9.47 Å². The fraction of sp³-hybridized carbons (Fsp3) is 0.0769. The molecule has 0 aliphatic rings. The lowest BCUT2D eigenvalue weighted by atomic mass is 10.2. The highest BCUT2D eigenvalue weighted by Gasteiger charge is 2.16. The summed E-state index contributed by atoms with van der Waals surface area (Å²) in [6, 6.07) is 21.9. The van der Waals surface area contributed by atoms with Gasteiger partial charge in [0.25, 0.3) is 0 Å². The molecule has 2 N–H and O–H groups in total. The van der Waals surface area contributed by atoms with Gasteiger partial charge in [0.1, 0.15) is 23.2 Å². The molecule has 3 aromatic heterocycles. The summed E-state index contributed by atoms with van der Waals surface area (Å²) >= 11 is 12.8. The van der Waals surface area contributed by atoms with E-state index in [4.69, 9.17) is 32.7 Å². The number of fused-ring (bicyclic) bond motifs is 1. The number of halogens is 2. The fourth-order valence-electron chi connectivity index (χ4n) is 3.50. The average molecular weight is 517 g/mol. The Labute approximate surface area is 216 Å². The van der Waals surface area contributed by atoms with E-state index in [9.17, 15) is 5.26 Å². The minimum Gasteiger partial charge on any atom is -0.472 e. The summed E-state index contributed by atoms with van der Waals surface area (Å²) in [7, 11) is 0. The van der Waals surface area contributed by atoms with Crippen molar-refractivity contribution in [3.05, 3.63) is 99.8 Å². The zero-order valence-electron chi connectivity index (χ0n) is 18.7. The van der Waals surface area contributed by atoms with E-state index in [0.717, 1.165) is 16.6 Å². The lowest BCUT2D eigenvalue weighted by Crippen LogP contribution is -2.05. The highest BCUT2D eigenvalue weighted by atomic mass is 35.5. The number of nitrogens with zero attached hydrogens (tertiary/aromatic N) is 4. The lowest BCUT2D eigenvalue weighted by Gasteiger charge is -2.15. The van der Waals surface area contributed by atoms with Crippen molar-refractivity contribution in [2.24, 2.45) is 0 Å². The van der Waals surface area contributed by atoms with E-state index in [1.54, 1.807) is 30.5 Å². The molecule has 0 atom stereocenters. The summed E-state index contributed by atoms with van der Waals surface area (Å²) in [5.74, 6) is 1.30. The third kappa shape index (κ3) is 5.33. The Kier molecular flexibility index (Phi) is 6.85. The first kappa shape index (κ1) is 23.4. The Bertz CT molecular complexity index is 1570. The Morgan fingerprint density at radius 2 is 1.89 bits per heavy atom. The van der Waals surface area contributed by atoms with Gasteiger partial charge in [-0.25, -0.2) is 4.98 Å². The highest BCUT2D eigenvalue weighted by molar-refractivity contribution is 6.33. The van der Waals surface area contributed by atoms with E-state index >= 15 is 0 Å². The van der Waals surface area contributed by atoms with Crippen LogP contribution in [0.5, 0.6) is 17.4 Å². The maximum atomic E-state index is 9.27. The molecule has 0 aliphatic carbocycles. The van der Waals surface area contributed by atoms with Crippen LogP contribution in [0.2, 0.25) is 10.0 Å². The zero-order chi connectivity index (χ0) is 24.9. The van der Waals surface area contributed by atoms with Gasteiger partial charge in [-0.05, 0) is 35.9 Å². The second-order valence-corrected chi connectivity index (χ2v) is 8.53. The third-order valence-corrected chi connectivity index (χ3v) is 5.76. The molecule has 0 bridgehead atoms. The summed E-state index contributed by atoms with van der Waals surface area (Å²) in [5, 5.41) is 21.2. The van der Waals surface area contributed by atoms with Gasteiger partial charge >= 0.3 is 0 Å². The third-order valence-electron chi connectivity index (χ3n) is 5.19. The molecule has 0 aliphatic heterocycles. The second kappa shape index (κ2) is 10.5. The number of nitriles is 1. The van der Waals surface area contributed by atoms with Crippen LogP contribution < -0.4 is 14.8 Å². The molecule has 5 rings (SSSR count). The molecular formula is C26H18Cl2N6O2. The molecule has 0 spiro atoms. The molecule has 0 radical (unpaired) electrons. The first-order valence-electron chi connectivity index (χ1n) is 10.9. The van der Waals surface area contributed by atoms with Gasteiger partial charge in [-0.2, -0.15) is 15.3 Å². The van der Waals surface area contributed by atoms with Gasteiger partial charge < -0.3 is 14.8 Å². The molecule has 2 aromatic carbocycles. The Morgan fingerprint density at radius 1 is 1.03 bits per heavy atom. The van der Waals surface area contributed by atoms with E-state index in [1.165, 1.54) is 0 Å². The number of anilines is 1. The highest BCUT2D eigenvalue weighted by Crippen LogP contribution is 2.38. The largest absolute Gasteiger partial charge is 0.472 e. The summed E-state index contributed by atoms with van der Waals surface area (Å²) < 4.78 is 12.0. The predicted molar refractivity (Wildman–Crippen MR) is 137 cm³/mol. The van der Waals surface area contributed by atoms with Gasteiger partial charge in [-0.1, -0.05) is 53.5 Å². The molecule has 0 unspecified atom stereocenters. The normalized spacial score (nSPS) is 10.7. The maximum absolute atomic E-state index is 9.27. The number of pyridine rings is 2. The van der Waals surface area contributed by atoms with Crippen LogP contribution >= 0.6 is 23.2 Å². The van der Waals surface area contributed by atoms with E-state index in [2.05, 4.69) is 31.6 Å². The number of benzene rings is 2. The van der Waals surface area contributed by atoms with Gasteiger partial charge in [0.15, 0.2) is 11.4 Å². The van der Waals surface area contributed by atoms with E-state index < -0.39 is 0 Å². The smallest absolute Gasteiger partial charge is 0.238 e. The topological polar surface area (TPSA) is 109 Å². The molecule has 0 saturated heterocycles. The zero-order valence-corrected chi connectivity index (χ0v) is 20.2. The SMILES string of the molecule is N#Cc1cc(Cl)cc(Oc2cc(NCc3n[nH]c4ncccc34)nc(OCc3ccccc3)c2Cl)c1. The molecule has 10 heteroatoms. The predicted octanol–water partition coefficient (Wildman–Crippen LogP) is 6.51. The number of hydrogen-bond donors (Lipinski definition) is 2. The first-order valence-corrected chi connectivity index (χ1v) is 11.6. The number of nitrogens with one attached hydrogen (secondary N) is 2. The molecule has 178 valence electrons. The van der Waals surface area contributed by atoms with Crippen LogP contribution in [0.1, 0.15) is 16.8 Å². The Hall–Kier alpha value is -4.32. The number of ether oxygens (including phenoxy) is 2. The van der Waals surface area contributed by atoms with Gasteiger partial charge in [0.05, 0.1) is 23.9 Å². The van der Waals surface area contributed by atoms with Crippen molar-refractivity contribution in [1.82, 2.24) is 20.2 Å². The molecule has 0 fully saturated rings. The standard InChI is InChI=1S/C26H18Cl2N6O2/c27-18-9-17(13-29)10-19(11-18)36-22-12-23(31-14-21-20-7-4-8-30-25(20)34-33-21)32-26(24(22)28)35-15-16-5-2-1-3-6-16/h1-12H,14-15H2,(H,31,32)(H,30,33,34). The Morgan fingerprint density at radius 3 is 2.72 bits per heavy atom. The van der Waals surface area contributed by atoms with Crippen molar-refractivity contribution in [1.29, 1.82) is 5.26 Å². The van der Waals surface area contributed by atoms with Crippen molar-refractivity contribution in [2.75, 3.05) is 5.32 Å². The van der Waals surface area contributed by atoms with Crippen molar-refractivity contribution in [3.63, 3.8) is 0 Å². The van der Waals surface area contributed by atoms with Gasteiger partial charge in [-0.15, -0.1) is 0 Å². The van der Waals surface area contributed by atoms with Crippen LogP contribution in [0.4, 0.5) is 5.82 Å². The summed E-state index contributed by atoms with van der Waals surface area (Å²) in [5.41, 5.74) is 2.79. The minimum atomic E-state index is 0.185. The minimum absolute atomic E-state index is 0.185. The molecule has 0 saturated carbocycles. The number of hydrogen-bond acceptors (Lipinski definition) is 7.